The number of benzene rings is 1. The number of halogens is 1. The van der Waals surface area contributed by atoms with Gasteiger partial charge in [-0.3, -0.25) is 4.79 Å². The molecule has 1 N–H and O–H groups in total. The molecule has 0 unspecified atom stereocenters. The first-order valence-electron chi connectivity index (χ1n) is 5.16. The van der Waals surface area contributed by atoms with E-state index in [1.165, 1.54) is 0 Å². The summed E-state index contributed by atoms with van der Waals surface area (Å²) in [7, 11) is 0. The Morgan fingerprint density at radius 2 is 2.24 bits per heavy atom. The second kappa shape index (κ2) is 7.99. The van der Waals surface area contributed by atoms with Crippen molar-refractivity contribution < 1.29 is 4.79 Å². The predicted octanol–water partition coefficient (Wildman–Crippen LogP) is 2.15. The second-order valence-electron chi connectivity index (χ2n) is 3.31. The number of amides is 1. The first-order chi connectivity index (χ1) is 8.27. The van der Waals surface area contributed by atoms with Crippen LogP contribution in [0.15, 0.2) is 24.3 Å². The number of hydrogen-bond donors (Lipinski definition) is 1. The summed E-state index contributed by atoms with van der Waals surface area (Å²) < 4.78 is 0. The van der Waals surface area contributed by atoms with Crippen molar-refractivity contribution in [3.63, 3.8) is 0 Å². The first kappa shape index (κ1) is 13.9. The largest absolute Gasteiger partial charge is 0.354 e. The Morgan fingerprint density at radius 1 is 1.47 bits per heavy atom. The summed E-state index contributed by atoms with van der Waals surface area (Å²) in [6.45, 7) is 0.602. The summed E-state index contributed by atoms with van der Waals surface area (Å²) in [6, 6.07) is 9.70. The molecule has 0 fully saturated rings. The highest BCUT2D eigenvalue weighted by Crippen LogP contribution is 2.15. The molecule has 0 radical (unpaired) electrons. The minimum absolute atomic E-state index is 0.00192. The number of carbonyl (C=O) groups excluding carboxylic acids is 1. The Bertz CT molecular complexity index is 417. The summed E-state index contributed by atoms with van der Waals surface area (Å²) in [6.07, 6.45) is 0. The van der Waals surface area contributed by atoms with Crippen molar-refractivity contribution in [3.8, 4) is 6.07 Å². The van der Waals surface area contributed by atoms with Crippen LogP contribution in [0.3, 0.4) is 0 Å². The van der Waals surface area contributed by atoms with Gasteiger partial charge in [0.15, 0.2) is 0 Å². The highest BCUT2D eigenvalue weighted by Gasteiger charge is 2.01. The fourth-order valence-corrected chi connectivity index (χ4v) is 2.20. The van der Waals surface area contributed by atoms with E-state index in [1.54, 1.807) is 11.8 Å². The van der Waals surface area contributed by atoms with Gasteiger partial charge in [0.05, 0.1) is 11.6 Å². The number of nitrogens with one attached hydrogen (secondary N) is 1. The summed E-state index contributed by atoms with van der Waals surface area (Å²) in [5.74, 6) is 1.44. The summed E-state index contributed by atoms with van der Waals surface area (Å²) in [5.41, 5.74) is 1.74. The van der Waals surface area contributed by atoms with E-state index in [4.69, 9.17) is 16.9 Å². The van der Waals surface area contributed by atoms with Crippen LogP contribution >= 0.6 is 23.4 Å². The minimum Gasteiger partial charge on any atom is -0.354 e. The smallest absolute Gasteiger partial charge is 0.234 e. The average molecular weight is 269 g/mol. The lowest BCUT2D eigenvalue weighted by Gasteiger charge is -2.04. The van der Waals surface area contributed by atoms with Gasteiger partial charge in [0, 0.05) is 18.1 Å². The van der Waals surface area contributed by atoms with E-state index in [2.05, 4.69) is 11.4 Å². The molecule has 0 bridgehead atoms. The third-order valence-electron chi connectivity index (χ3n) is 2.09. The number of carbonyl (C=O) groups is 1. The molecule has 90 valence electrons. The molecule has 5 heteroatoms. The lowest BCUT2D eigenvalue weighted by Crippen LogP contribution is -2.26. The van der Waals surface area contributed by atoms with Crippen LogP contribution in [0.1, 0.15) is 11.1 Å². The average Bonchev–Trinajstić information content (AvgIpc) is 2.38. The highest BCUT2D eigenvalue weighted by molar-refractivity contribution is 7.98. The number of rotatable bonds is 6. The van der Waals surface area contributed by atoms with Crippen molar-refractivity contribution >= 4 is 29.3 Å². The molecule has 3 nitrogen and oxygen atoms in total. The van der Waals surface area contributed by atoms with Crippen LogP contribution in [0.2, 0.25) is 0 Å². The lowest BCUT2D eigenvalue weighted by molar-refractivity contribution is -0.118. The van der Waals surface area contributed by atoms with Crippen LogP contribution in [0.5, 0.6) is 0 Å². The van der Waals surface area contributed by atoms with Crippen molar-refractivity contribution in [3.05, 3.63) is 35.4 Å². The maximum absolute atomic E-state index is 10.9. The summed E-state index contributed by atoms with van der Waals surface area (Å²) in [4.78, 5) is 10.9. The Morgan fingerprint density at radius 3 is 2.94 bits per heavy atom. The Labute approximate surface area is 110 Å². The number of thioether (sulfide) groups is 1. The van der Waals surface area contributed by atoms with Gasteiger partial charge in [-0.2, -0.15) is 17.0 Å². The van der Waals surface area contributed by atoms with Gasteiger partial charge >= 0.3 is 0 Å². The van der Waals surface area contributed by atoms with Crippen LogP contribution in [0, 0.1) is 11.3 Å². The standard InChI is InChI=1S/C12H13ClN2OS/c13-7-12(16)15-5-6-17-9-11-4-2-1-3-10(11)8-14/h1-4H,5-7,9H2,(H,15,16). The zero-order valence-corrected chi connectivity index (χ0v) is 10.9. The molecule has 1 aromatic rings. The molecule has 1 rings (SSSR count). The molecule has 1 amide bonds. The van der Waals surface area contributed by atoms with Gasteiger partial charge in [0.1, 0.15) is 5.88 Å². The lowest BCUT2D eigenvalue weighted by atomic mass is 10.1. The molecule has 0 saturated carbocycles. The van der Waals surface area contributed by atoms with Gasteiger partial charge in [0.25, 0.3) is 0 Å². The maximum atomic E-state index is 10.9. The maximum Gasteiger partial charge on any atom is 0.234 e. The molecule has 0 aliphatic carbocycles. The van der Waals surface area contributed by atoms with Crippen molar-refractivity contribution in [1.82, 2.24) is 5.32 Å². The number of nitrogens with zero attached hydrogens (tertiary/aromatic N) is 1. The molecule has 0 atom stereocenters. The molecule has 0 heterocycles. The molecule has 0 aliphatic heterocycles. The predicted molar refractivity (Wildman–Crippen MR) is 71.0 cm³/mol. The van der Waals surface area contributed by atoms with Crippen molar-refractivity contribution in [2.75, 3.05) is 18.2 Å². The van der Waals surface area contributed by atoms with Gasteiger partial charge in [0.2, 0.25) is 5.91 Å². The van der Waals surface area contributed by atoms with Crippen LogP contribution < -0.4 is 5.32 Å². The van der Waals surface area contributed by atoms with Crippen molar-refractivity contribution in [2.45, 2.75) is 5.75 Å². The molecule has 0 spiro atoms. The third kappa shape index (κ3) is 5.12. The van der Waals surface area contributed by atoms with E-state index in [1.807, 2.05) is 24.3 Å². The van der Waals surface area contributed by atoms with Crippen LogP contribution in [0.25, 0.3) is 0 Å². The first-order valence-corrected chi connectivity index (χ1v) is 6.85. The third-order valence-corrected chi connectivity index (χ3v) is 3.34. The van der Waals surface area contributed by atoms with E-state index in [-0.39, 0.29) is 11.8 Å². The van der Waals surface area contributed by atoms with Crippen molar-refractivity contribution in [2.24, 2.45) is 0 Å². The van der Waals surface area contributed by atoms with E-state index in [0.717, 1.165) is 17.1 Å². The number of nitriles is 1. The van der Waals surface area contributed by atoms with Crippen LogP contribution in [-0.4, -0.2) is 24.1 Å². The van der Waals surface area contributed by atoms with E-state index in [0.29, 0.717) is 12.1 Å². The second-order valence-corrected chi connectivity index (χ2v) is 4.68. The normalized spacial score (nSPS) is 9.65. The number of alkyl halides is 1. The topological polar surface area (TPSA) is 52.9 Å². The van der Waals surface area contributed by atoms with E-state index < -0.39 is 0 Å². The minimum atomic E-state index is -0.148. The van der Waals surface area contributed by atoms with Crippen LogP contribution in [-0.2, 0) is 10.5 Å². The zero-order chi connectivity index (χ0) is 12.5. The molecule has 0 aromatic heterocycles. The van der Waals surface area contributed by atoms with Gasteiger partial charge in [-0.05, 0) is 11.6 Å². The molecule has 0 saturated heterocycles. The Balaban J connectivity index is 2.27. The number of hydrogen-bond acceptors (Lipinski definition) is 3. The van der Waals surface area contributed by atoms with Gasteiger partial charge in [-0.15, -0.1) is 11.6 Å². The molecular weight excluding hydrogens is 256 g/mol. The fourth-order valence-electron chi connectivity index (χ4n) is 1.25. The molecular formula is C12H13ClN2OS. The van der Waals surface area contributed by atoms with Gasteiger partial charge in [-0.1, -0.05) is 18.2 Å². The van der Waals surface area contributed by atoms with Crippen molar-refractivity contribution in [1.29, 1.82) is 5.26 Å². The Hall–Kier alpha value is -1.18. The van der Waals surface area contributed by atoms with E-state index >= 15 is 0 Å². The summed E-state index contributed by atoms with van der Waals surface area (Å²) >= 11 is 7.02. The Kier molecular flexibility index (Phi) is 6.53. The zero-order valence-electron chi connectivity index (χ0n) is 9.28. The monoisotopic (exact) mass is 268 g/mol. The van der Waals surface area contributed by atoms with Crippen LogP contribution in [0.4, 0.5) is 0 Å². The van der Waals surface area contributed by atoms with E-state index in [9.17, 15) is 4.79 Å². The van der Waals surface area contributed by atoms with Gasteiger partial charge < -0.3 is 5.32 Å². The fraction of sp³-hybridized carbons (Fsp3) is 0.333. The summed E-state index contributed by atoms with van der Waals surface area (Å²) in [5, 5.41) is 11.6. The quantitative estimate of drug-likeness (QED) is 0.635. The SMILES string of the molecule is N#Cc1ccccc1CSCCNC(=O)CCl. The molecule has 1 aromatic carbocycles. The molecule has 0 aliphatic rings. The molecule has 17 heavy (non-hydrogen) atoms. The van der Waals surface area contributed by atoms with Gasteiger partial charge in [-0.25, -0.2) is 0 Å². The highest BCUT2D eigenvalue weighted by atomic mass is 35.5.